The third-order valence-corrected chi connectivity index (χ3v) is 1.21. The number of methoxy groups -OCH3 is 1. The van der Waals surface area contributed by atoms with Gasteiger partial charge in [0, 0.05) is 7.11 Å². The zero-order valence-corrected chi connectivity index (χ0v) is 7.58. The van der Waals surface area contributed by atoms with E-state index in [4.69, 9.17) is 14.6 Å². The molecule has 0 aliphatic carbocycles. The van der Waals surface area contributed by atoms with E-state index >= 15 is 0 Å². The zero-order valence-electron chi connectivity index (χ0n) is 5.99. The molecule has 1 atom stereocenters. The molecular weight excluding hydrogens is 216 g/mol. The Morgan fingerprint density at radius 2 is 2.45 bits per heavy atom. The van der Waals surface area contributed by atoms with Gasteiger partial charge in [0.25, 0.3) is 0 Å². The van der Waals surface area contributed by atoms with Crippen LogP contribution in [0.25, 0.3) is 0 Å². The third-order valence-electron chi connectivity index (χ3n) is 0.735. The lowest BCUT2D eigenvalue weighted by molar-refractivity contribution is -0.131. The number of ether oxygens (including phenoxy) is 2. The Kier molecular flexibility index (Phi) is 5.87. The average Bonchev–Trinajstić information content (AvgIpc) is 1.87. The van der Waals surface area contributed by atoms with Crippen molar-refractivity contribution in [3.63, 3.8) is 0 Å². The van der Waals surface area contributed by atoms with Crippen molar-refractivity contribution in [3.8, 4) is 0 Å². The molecule has 0 saturated heterocycles. The fourth-order valence-corrected chi connectivity index (χ4v) is 0.742. The monoisotopic (exact) mass is 224 g/mol. The Balaban J connectivity index is 3.44. The van der Waals surface area contributed by atoms with Gasteiger partial charge < -0.3 is 14.6 Å². The molecule has 0 aromatic heterocycles. The van der Waals surface area contributed by atoms with Crippen LogP contribution >= 0.6 is 15.9 Å². The van der Waals surface area contributed by atoms with E-state index in [-0.39, 0.29) is 5.01 Å². The molecule has 0 saturated carbocycles. The molecule has 0 amide bonds. The summed E-state index contributed by atoms with van der Waals surface area (Å²) in [5, 5.41) is 7.84. The second-order valence-electron chi connectivity index (χ2n) is 1.64. The van der Waals surface area contributed by atoms with Gasteiger partial charge in [-0.25, -0.2) is 4.79 Å². The first-order valence-electron chi connectivity index (χ1n) is 2.84. The zero-order chi connectivity index (χ0) is 8.69. The standard InChI is InChI=1S/C6H9BrO4/c1-10-4-5(7)11-3-2-6(8)9/h2-3,5H,4H2,1H3,(H,8,9). The van der Waals surface area contributed by atoms with E-state index < -0.39 is 5.97 Å². The summed E-state index contributed by atoms with van der Waals surface area (Å²) in [4.78, 5) is 9.93. The van der Waals surface area contributed by atoms with E-state index in [1.165, 1.54) is 7.11 Å². The number of carboxylic acid groups (broad SMARTS) is 1. The molecule has 0 aromatic carbocycles. The van der Waals surface area contributed by atoms with Crippen LogP contribution in [-0.2, 0) is 14.3 Å². The highest BCUT2D eigenvalue weighted by Crippen LogP contribution is 2.01. The molecule has 1 unspecified atom stereocenters. The maximum Gasteiger partial charge on any atom is 0.331 e. The first-order valence-corrected chi connectivity index (χ1v) is 3.76. The van der Waals surface area contributed by atoms with Crippen LogP contribution in [0.3, 0.4) is 0 Å². The van der Waals surface area contributed by atoms with Crippen LogP contribution in [0, 0.1) is 0 Å². The maximum atomic E-state index is 9.93. The van der Waals surface area contributed by atoms with Crippen LogP contribution < -0.4 is 0 Å². The van der Waals surface area contributed by atoms with E-state index in [9.17, 15) is 4.79 Å². The molecule has 0 bridgehead atoms. The lowest BCUT2D eigenvalue weighted by Crippen LogP contribution is -2.07. The molecule has 0 aromatic rings. The number of alkyl halides is 1. The highest BCUT2D eigenvalue weighted by atomic mass is 79.9. The summed E-state index contributed by atoms with van der Waals surface area (Å²) in [7, 11) is 1.53. The van der Waals surface area contributed by atoms with Gasteiger partial charge in [-0.15, -0.1) is 0 Å². The van der Waals surface area contributed by atoms with Crippen molar-refractivity contribution in [3.05, 3.63) is 12.3 Å². The van der Waals surface area contributed by atoms with Crippen LogP contribution in [0.2, 0.25) is 0 Å². The number of hydrogen-bond acceptors (Lipinski definition) is 3. The van der Waals surface area contributed by atoms with Gasteiger partial charge in [0.1, 0.15) is 0 Å². The molecular formula is C6H9BrO4. The molecule has 0 rings (SSSR count). The van der Waals surface area contributed by atoms with Gasteiger partial charge in [0.2, 0.25) is 0 Å². The topological polar surface area (TPSA) is 55.8 Å². The Labute approximate surface area is 72.9 Å². The third kappa shape index (κ3) is 7.35. The molecule has 1 N–H and O–H groups in total. The molecule has 64 valence electrons. The molecule has 4 nitrogen and oxygen atoms in total. The molecule has 5 heteroatoms. The van der Waals surface area contributed by atoms with Gasteiger partial charge >= 0.3 is 5.97 Å². The number of carbonyl (C=O) groups is 1. The van der Waals surface area contributed by atoms with Crippen molar-refractivity contribution in [1.82, 2.24) is 0 Å². The Bertz CT molecular complexity index is 146. The van der Waals surface area contributed by atoms with Gasteiger partial charge in [-0.2, -0.15) is 0 Å². The number of rotatable bonds is 5. The summed E-state index contributed by atoms with van der Waals surface area (Å²) < 4.78 is 9.53. The normalized spacial score (nSPS) is 13.3. The van der Waals surface area contributed by atoms with E-state index in [1.54, 1.807) is 0 Å². The van der Waals surface area contributed by atoms with Crippen LogP contribution in [0.15, 0.2) is 12.3 Å². The minimum Gasteiger partial charge on any atom is -0.484 e. The quantitative estimate of drug-likeness (QED) is 0.430. The van der Waals surface area contributed by atoms with Gasteiger partial charge in [-0.1, -0.05) is 0 Å². The molecule has 0 radical (unpaired) electrons. The van der Waals surface area contributed by atoms with Gasteiger partial charge in [-0.05, 0) is 15.9 Å². The molecule has 0 spiro atoms. The summed E-state index contributed by atoms with van der Waals surface area (Å²) in [6, 6.07) is 0. The summed E-state index contributed by atoms with van der Waals surface area (Å²) in [6.07, 6.45) is 2.00. The number of hydrogen-bond donors (Lipinski definition) is 1. The Hall–Kier alpha value is -0.550. The Morgan fingerprint density at radius 1 is 1.82 bits per heavy atom. The van der Waals surface area contributed by atoms with Crippen molar-refractivity contribution in [1.29, 1.82) is 0 Å². The second kappa shape index (κ2) is 6.18. The predicted octanol–water partition coefficient (Wildman–Crippen LogP) is 0.969. The smallest absolute Gasteiger partial charge is 0.331 e. The summed E-state index contributed by atoms with van der Waals surface area (Å²) in [5.41, 5.74) is 0. The SMILES string of the molecule is COCC(Br)OC=CC(=O)O. The Morgan fingerprint density at radius 3 is 2.91 bits per heavy atom. The molecule has 0 fully saturated rings. The first-order chi connectivity index (χ1) is 5.16. The van der Waals surface area contributed by atoms with Crippen molar-refractivity contribution in [2.45, 2.75) is 5.01 Å². The number of halogens is 1. The van der Waals surface area contributed by atoms with Crippen molar-refractivity contribution < 1.29 is 19.4 Å². The van der Waals surface area contributed by atoms with Crippen LogP contribution in [0.1, 0.15) is 0 Å². The molecule has 0 aliphatic heterocycles. The largest absolute Gasteiger partial charge is 0.484 e. The molecule has 0 heterocycles. The fourth-order valence-electron chi connectivity index (χ4n) is 0.353. The van der Waals surface area contributed by atoms with Gasteiger partial charge in [-0.3, -0.25) is 0 Å². The van der Waals surface area contributed by atoms with Crippen LogP contribution in [0.5, 0.6) is 0 Å². The average molecular weight is 225 g/mol. The summed E-state index contributed by atoms with van der Waals surface area (Å²) >= 11 is 3.10. The minimum absolute atomic E-state index is 0.303. The lowest BCUT2D eigenvalue weighted by atomic mass is 10.6. The summed E-state index contributed by atoms with van der Waals surface area (Å²) in [6.45, 7) is 0.365. The highest BCUT2D eigenvalue weighted by molar-refractivity contribution is 9.09. The number of carboxylic acids is 1. The maximum absolute atomic E-state index is 9.93. The van der Waals surface area contributed by atoms with Crippen LogP contribution in [-0.4, -0.2) is 29.8 Å². The fraction of sp³-hybridized carbons (Fsp3) is 0.500. The van der Waals surface area contributed by atoms with Crippen molar-refractivity contribution >= 4 is 21.9 Å². The highest BCUT2D eigenvalue weighted by Gasteiger charge is 1.99. The van der Waals surface area contributed by atoms with Crippen molar-refractivity contribution in [2.75, 3.05) is 13.7 Å². The van der Waals surface area contributed by atoms with E-state index in [0.29, 0.717) is 6.61 Å². The first kappa shape index (κ1) is 10.4. The molecule has 11 heavy (non-hydrogen) atoms. The second-order valence-corrected chi connectivity index (χ2v) is 2.66. The molecule has 0 aliphatic rings. The lowest BCUT2D eigenvalue weighted by Gasteiger charge is -2.06. The number of aliphatic carboxylic acids is 1. The van der Waals surface area contributed by atoms with Crippen LogP contribution in [0.4, 0.5) is 0 Å². The van der Waals surface area contributed by atoms with Crippen molar-refractivity contribution in [2.24, 2.45) is 0 Å². The van der Waals surface area contributed by atoms with Gasteiger partial charge in [0.05, 0.1) is 18.9 Å². The summed E-state index contributed by atoms with van der Waals surface area (Å²) in [5.74, 6) is -1.04. The van der Waals surface area contributed by atoms with Gasteiger partial charge in [0.15, 0.2) is 5.01 Å². The van der Waals surface area contributed by atoms with E-state index in [2.05, 4.69) is 15.9 Å². The van der Waals surface area contributed by atoms with E-state index in [1.807, 2.05) is 0 Å². The predicted molar refractivity (Wildman–Crippen MR) is 42.5 cm³/mol. The minimum atomic E-state index is -1.04. The van der Waals surface area contributed by atoms with E-state index in [0.717, 1.165) is 12.3 Å².